The first kappa shape index (κ1) is 25.2. The number of aliphatic carboxylic acids is 1. The second-order valence-corrected chi connectivity index (χ2v) is 9.84. The highest BCUT2D eigenvalue weighted by Gasteiger charge is 2.40. The average Bonchev–Trinajstić information content (AvgIpc) is 3.27. The monoisotopic (exact) mass is 549 g/mol. The smallest absolute Gasteiger partial charge is 0.329 e. The maximum atomic E-state index is 13.0. The first-order valence-electron chi connectivity index (χ1n) is 10.1. The van der Waals surface area contributed by atoms with E-state index in [4.69, 9.17) is 40.2 Å². The van der Waals surface area contributed by atoms with Gasteiger partial charge in [0.05, 0.1) is 33.5 Å². The molecule has 1 aliphatic heterocycles. The minimum atomic E-state index is -1.48. The topological polar surface area (TPSA) is 105 Å². The fourth-order valence-electron chi connectivity index (χ4n) is 3.34. The molecule has 1 atom stereocenters. The number of aliphatic hydroxyl groups is 1. The van der Waals surface area contributed by atoms with Gasteiger partial charge in [-0.2, -0.15) is 9.78 Å². The number of aliphatic hydroxyl groups excluding tert-OH is 1. The molecule has 0 radical (unpaired) electrons. The van der Waals surface area contributed by atoms with Gasteiger partial charge >= 0.3 is 5.97 Å². The minimum Gasteiger partial charge on any atom is -0.480 e. The van der Waals surface area contributed by atoms with Gasteiger partial charge in [0.1, 0.15) is 10.1 Å². The summed E-state index contributed by atoms with van der Waals surface area (Å²) in [5, 5.41) is 24.2. The van der Waals surface area contributed by atoms with Gasteiger partial charge in [0.25, 0.3) is 5.91 Å². The summed E-state index contributed by atoms with van der Waals surface area (Å²) in [6.07, 6.45) is 1.54. The second-order valence-electron chi connectivity index (χ2n) is 7.32. The largest absolute Gasteiger partial charge is 0.480 e. The zero-order valence-corrected chi connectivity index (χ0v) is 21.2. The highest BCUT2D eigenvalue weighted by atomic mass is 35.5. The van der Waals surface area contributed by atoms with Gasteiger partial charge in [0, 0.05) is 5.02 Å². The summed E-state index contributed by atoms with van der Waals surface area (Å²) in [5.74, 6) is -1.40. The number of carboxylic acid groups (broad SMARTS) is 1. The third-order valence-corrected chi connectivity index (χ3v) is 6.89. The maximum Gasteiger partial charge on any atom is 0.329 e. The third kappa shape index (κ3) is 5.07. The Bertz CT molecular complexity index is 1360. The Balaban J connectivity index is 1.82. The number of hydrogen-bond acceptors (Lipinski definition) is 7. The molecule has 0 spiro atoms. The molecule has 0 bridgehead atoms. The zero-order valence-electron chi connectivity index (χ0n) is 18.0. The van der Waals surface area contributed by atoms with Crippen molar-refractivity contribution in [2.75, 3.05) is 6.61 Å². The molecule has 1 aromatic heterocycles. The van der Waals surface area contributed by atoms with E-state index in [-0.39, 0.29) is 20.1 Å². The van der Waals surface area contributed by atoms with E-state index in [1.54, 1.807) is 29.8 Å². The number of benzene rings is 2. The molecule has 0 saturated carbocycles. The van der Waals surface area contributed by atoms with E-state index in [0.717, 1.165) is 16.7 Å². The van der Waals surface area contributed by atoms with Crippen LogP contribution in [0.3, 0.4) is 0 Å². The number of carbonyl (C=O) groups is 2. The lowest BCUT2D eigenvalue weighted by molar-refractivity contribution is -0.146. The number of carbonyl (C=O) groups excluding carboxylic acids is 1. The van der Waals surface area contributed by atoms with Gasteiger partial charge in [-0.25, -0.2) is 4.79 Å². The minimum absolute atomic E-state index is 0.0269. The van der Waals surface area contributed by atoms with Crippen molar-refractivity contribution in [2.24, 2.45) is 0 Å². The summed E-state index contributed by atoms with van der Waals surface area (Å²) < 4.78 is 7.77. The van der Waals surface area contributed by atoms with Crippen LogP contribution in [-0.2, 0) is 9.59 Å². The number of rotatable bonds is 7. The predicted octanol–water partition coefficient (Wildman–Crippen LogP) is 4.93. The van der Waals surface area contributed by atoms with Crippen LogP contribution in [0.25, 0.3) is 11.8 Å². The molecular weight excluding hydrogens is 533 g/mol. The number of hydrogen-bond donors (Lipinski definition) is 2. The molecule has 0 unspecified atom stereocenters. The van der Waals surface area contributed by atoms with E-state index in [2.05, 4.69) is 5.10 Å². The quantitative estimate of drug-likeness (QED) is 0.316. The molecule has 0 aliphatic carbocycles. The maximum absolute atomic E-state index is 13.0. The summed E-state index contributed by atoms with van der Waals surface area (Å²) in [5.41, 5.74) is 1.71. The summed E-state index contributed by atoms with van der Waals surface area (Å²) in [7, 11) is 0. The Morgan fingerprint density at radius 2 is 1.97 bits per heavy atom. The molecule has 8 nitrogen and oxygen atoms in total. The predicted molar refractivity (Wildman–Crippen MR) is 138 cm³/mol. The van der Waals surface area contributed by atoms with E-state index in [0.29, 0.717) is 27.7 Å². The van der Waals surface area contributed by atoms with Crippen molar-refractivity contribution in [3.63, 3.8) is 0 Å². The summed E-state index contributed by atoms with van der Waals surface area (Å²) in [6.45, 7) is 0.972. The summed E-state index contributed by atoms with van der Waals surface area (Å²) in [4.78, 5) is 25.6. The normalized spacial score (nSPS) is 15.7. The van der Waals surface area contributed by atoms with Crippen molar-refractivity contribution in [3.05, 3.63) is 74.7 Å². The van der Waals surface area contributed by atoms with Crippen molar-refractivity contribution < 1.29 is 24.5 Å². The number of thiocarbonyl (C=S) groups is 1. The molecule has 12 heteroatoms. The number of ether oxygens (including phenoxy) is 1. The van der Waals surface area contributed by atoms with E-state index in [1.807, 2.05) is 30.3 Å². The Kier molecular flexibility index (Phi) is 7.48. The number of carboxylic acids is 1. The Morgan fingerprint density at radius 3 is 2.60 bits per heavy atom. The lowest BCUT2D eigenvalue weighted by atomic mass is 10.2. The Hall–Kier alpha value is -2.89. The van der Waals surface area contributed by atoms with Gasteiger partial charge in [0.2, 0.25) is 5.88 Å². The van der Waals surface area contributed by atoms with Crippen LogP contribution in [0, 0.1) is 6.92 Å². The fraction of sp³-hybridized carbons (Fsp3) is 0.130. The molecule has 1 aliphatic rings. The summed E-state index contributed by atoms with van der Waals surface area (Å²) in [6, 6.07) is 12.5. The van der Waals surface area contributed by atoms with Gasteiger partial charge in [-0.05, 0) is 43.3 Å². The lowest BCUT2D eigenvalue weighted by Crippen LogP contribution is -2.46. The van der Waals surface area contributed by atoms with Crippen LogP contribution in [0.15, 0.2) is 53.4 Å². The Morgan fingerprint density at radius 1 is 1.26 bits per heavy atom. The molecule has 2 heterocycles. The van der Waals surface area contributed by atoms with Crippen molar-refractivity contribution >= 4 is 69.5 Å². The van der Waals surface area contributed by atoms with Crippen LogP contribution in [0.1, 0.15) is 11.3 Å². The third-order valence-electron chi connectivity index (χ3n) is 5.03. The van der Waals surface area contributed by atoms with E-state index in [1.165, 1.54) is 6.08 Å². The summed E-state index contributed by atoms with van der Waals surface area (Å²) >= 11 is 18.5. The van der Waals surface area contributed by atoms with Crippen LogP contribution >= 0.6 is 47.2 Å². The van der Waals surface area contributed by atoms with Crippen molar-refractivity contribution in [3.8, 4) is 17.3 Å². The molecule has 1 fully saturated rings. The highest BCUT2D eigenvalue weighted by Crippen LogP contribution is 2.39. The van der Waals surface area contributed by atoms with Crippen molar-refractivity contribution in [2.45, 2.75) is 13.0 Å². The molecule has 35 heavy (non-hydrogen) atoms. The molecule has 180 valence electrons. The molecule has 4 rings (SSSR count). The number of nitrogens with zero attached hydrogens (tertiary/aromatic N) is 3. The van der Waals surface area contributed by atoms with E-state index in [9.17, 15) is 19.8 Å². The van der Waals surface area contributed by atoms with Crippen LogP contribution in [-0.4, -0.2) is 53.7 Å². The van der Waals surface area contributed by atoms with Gasteiger partial charge in [-0.3, -0.25) is 9.69 Å². The number of aryl methyl sites for hydroxylation is 1. The van der Waals surface area contributed by atoms with E-state index >= 15 is 0 Å². The SMILES string of the molecule is Cc1nn(-c2ccccc2)c(Oc2ccc(Cl)cc2Cl)c1/C=C1\SC(=S)N([C@@H](CO)C(=O)O)C1=O. The zero-order chi connectivity index (χ0) is 25.3. The van der Waals surface area contributed by atoms with Gasteiger partial charge in [0.15, 0.2) is 6.04 Å². The fourth-order valence-corrected chi connectivity index (χ4v) is 5.12. The van der Waals surface area contributed by atoms with Crippen molar-refractivity contribution in [1.29, 1.82) is 0 Å². The van der Waals surface area contributed by atoms with Crippen LogP contribution in [0.4, 0.5) is 0 Å². The van der Waals surface area contributed by atoms with Gasteiger partial charge in [-0.1, -0.05) is 65.4 Å². The van der Waals surface area contributed by atoms with Gasteiger partial charge in [-0.15, -0.1) is 0 Å². The molecule has 2 aromatic carbocycles. The standard InChI is InChI=1S/C23H17Cl2N3O5S2/c1-12-15(10-19-20(30)27(23(34)35-19)17(11-29)22(31)32)21(28(26-12)14-5-3-2-4-6-14)33-18-8-7-13(24)9-16(18)25/h2-10,17,29H,11H2,1H3,(H,31,32)/b19-10-/t17-/m0/s1. The number of thioether (sulfide) groups is 1. The number of para-hydroxylation sites is 1. The van der Waals surface area contributed by atoms with E-state index < -0.39 is 24.5 Å². The molecule has 1 saturated heterocycles. The highest BCUT2D eigenvalue weighted by molar-refractivity contribution is 8.26. The van der Waals surface area contributed by atoms with Crippen LogP contribution < -0.4 is 4.74 Å². The molecule has 2 N–H and O–H groups in total. The number of halogens is 2. The molecule has 3 aromatic rings. The average molecular weight is 550 g/mol. The van der Waals surface area contributed by atoms with Gasteiger partial charge < -0.3 is 14.9 Å². The van der Waals surface area contributed by atoms with Crippen LogP contribution in [0.2, 0.25) is 10.0 Å². The van der Waals surface area contributed by atoms with Crippen LogP contribution in [0.5, 0.6) is 11.6 Å². The first-order valence-corrected chi connectivity index (χ1v) is 12.1. The molecular formula is C23H17Cl2N3O5S2. The number of amides is 1. The Labute approximate surface area is 219 Å². The van der Waals surface area contributed by atoms with Crippen molar-refractivity contribution in [1.82, 2.24) is 14.7 Å². The number of aromatic nitrogens is 2. The molecule has 1 amide bonds. The second kappa shape index (κ2) is 10.4. The lowest BCUT2D eigenvalue weighted by Gasteiger charge is -2.20. The first-order chi connectivity index (χ1) is 16.7.